The summed E-state index contributed by atoms with van der Waals surface area (Å²) in [5, 5.41) is 10.9. The number of halogens is 1. The number of hydrogen-bond donors (Lipinski definition) is 1. The lowest BCUT2D eigenvalue weighted by molar-refractivity contribution is -0.137. The van der Waals surface area contributed by atoms with Crippen LogP contribution in [0.3, 0.4) is 0 Å². The van der Waals surface area contributed by atoms with E-state index in [0.29, 0.717) is 45.1 Å². The third-order valence-electron chi connectivity index (χ3n) is 9.00. The molecule has 1 N–H and O–H groups in total. The number of hydrogen-bond acceptors (Lipinski definition) is 5. The lowest BCUT2D eigenvalue weighted by Crippen LogP contribution is -2.42. The van der Waals surface area contributed by atoms with Gasteiger partial charge in [0.1, 0.15) is 23.1 Å². The molecule has 43 heavy (non-hydrogen) atoms. The number of amides is 1. The molecule has 3 aromatic rings. The number of aromatic nitrogens is 1. The fourth-order valence-electron chi connectivity index (χ4n) is 6.29. The molecule has 0 atom stereocenters. The lowest BCUT2D eigenvalue weighted by atomic mass is 9.90. The van der Waals surface area contributed by atoms with Crippen LogP contribution in [0, 0.1) is 25.1 Å². The molecule has 0 spiro atoms. The molecule has 8 heteroatoms. The van der Waals surface area contributed by atoms with E-state index in [1.165, 1.54) is 22.8 Å². The third kappa shape index (κ3) is 6.35. The summed E-state index contributed by atoms with van der Waals surface area (Å²) >= 11 is 0. The third-order valence-corrected chi connectivity index (χ3v) is 9.00. The van der Waals surface area contributed by atoms with E-state index in [4.69, 9.17) is 9.47 Å². The van der Waals surface area contributed by atoms with Crippen molar-refractivity contribution >= 4 is 5.91 Å². The summed E-state index contributed by atoms with van der Waals surface area (Å²) in [6, 6.07) is 10.0. The van der Waals surface area contributed by atoms with E-state index in [1.54, 1.807) is 53.1 Å². The molecule has 2 aliphatic rings. The van der Waals surface area contributed by atoms with E-state index in [9.17, 15) is 19.1 Å². The van der Waals surface area contributed by atoms with Crippen LogP contribution in [0.5, 0.6) is 17.2 Å². The van der Waals surface area contributed by atoms with Gasteiger partial charge in [-0.3, -0.25) is 9.59 Å². The zero-order valence-corrected chi connectivity index (χ0v) is 26.3. The van der Waals surface area contributed by atoms with Gasteiger partial charge in [-0.05, 0) is 101 Å². The van der Waals surface area contributed by atoms with Crippen LogP contribution in [0.4, 0.5) is 4.39 Å². The van der Waals surface area contributed by atoms with Gasteiger partial charge in [0.05, 0.1) is 11.7 Å². The Bertz CT molecular complexity index is 1570. The lowest BCUT2D eigenvalue weighted by Gasteiger charge is -2.35. The molecule has 2 fully saturated rings. The monoisotopic (exact) mass is 590 g/mol. The average Bonchev–Trinajstić information content (AvgIpc) is 3.20. The molecule has 1 saturated carbocycles. The van der Waals surface area contributed by atoms with Crippen LogP contribution in [-0.4, -0.2) is 39.2 Å². The van der Waals surface area contributed by atoms with E-state index in [2.05, 4.69) is 0 Å². The molecule has 5 rings (SSSR count). The molecule has 1 aliphatic heterocycles. The Morgan fingerprint density at radius 3 is 2.19 bits per heavy atom. The topological polar surface area (TPSA) is 81.0 Å². The van der Waals surface area contributed by atoms with Crippen molar-refractivity contribution in [3.8, 4) is 28.4 Å². The Kier molecular flexibility index (Phi) is 8.20. The first-order valence-electron chi connectivity index (χ1n) is 15.1. The molecule has 1 amide bonds. The Balaban J connectivity index is 1.48. The predicted molar refractivity (Wildman–Crippen MR) is 165 cm³/mol. The quantitative estimate of drug-likeness (QED) is 0.328. The zero-order chi connectivity index (χ0) is 31.3. The number of aryl methyl sites for hydroxylation is 3. The van der Waals surface area contributed by atoms with Crippen molar-refractivity contribution in [2.45, 2.75) is 91.4 Å². The van der Waals surface area contributed by atoms with Gasteiger partial charge < -0.3 is 24.0 Å². The summed E-state index contributed by atoms with van der Waals surface area (Å²) in [6.07, 6.45) is 5.72. The number of benzene rings is 2. The molecule has 0 unspecified atom stereocenters. The second-order valence-electron chi connectivity index (χ2n) is 13.4. The van der Waals surface area contributed by atoms with E-state index < -0.39 is 5.60 Å². The Morgan fingerprint density at radius 2 is 1.60 bits per heavy atom. The maximum absolute atomic E-state index is 14.0. The molecule has 1 aliphatic carbocycles. The van der Waals surface area contributed by atoms with Crippen molar-refractivity contribution in [3.63, 3.8) is 0 Å². The van der Waals surface area contributed by atoms with Gasteiger partial charge in [-0.1, -0.05) is 19.9 Å². The molecule has 1 saturated heterocycles. The summed E-state index contributed by atoms with van der Waals surface area (Å²) in [4.78, 5) is 27.8. The summed E-state index contributed by atoms with van der Waals surface area (Å²) in [7, 11) is 1.68. The van der Waals surface area contributed by atoms with Gasteiger partial charge in [0.2, 0.25) is 5.91 Å². The van der Waals surface area contributed by atoms with Crippen molar-refractivity contribution in [1.82, 2.24) is 9.47 Å². The van der Waals surface area contributed by atoms with Gasteiger partial charge >= 0.3 is 0 Å². The SMILES string of the molecule is Cc1cc(F)cc(C)c1Oc1ccc(C(C)(C)O)cc1-c1cn(C)c(=O)cc1OC1CCC(N2CCC(C)(C)C2=O)CC1. The van der Waals surface area contributed by atoms with Crippen molar-refractivity contribution in [1.29, 1.82) is 0 Å². The van der Waals surface area contributed by atoms with Gasteiger partial charge in [0, 0.05) is 48.4 Å². The number of nitrogens with zero attached hydrogens (tertiary/aromatic N) is 2. The second kappa shape index (κ2) is 11.5. The summed E-state index contributed by atoms with van der Waals surface area (Å²) in [6.45, 7) is 11.9. The van der Waals surface area contributed by atoms with Crippen molar-refractivity contribution in [3.05, 3.63) is 75.5 Å². The van der Waals surface area contributed by atoms with Gasteiger partial charge in [0.15, 0.2) is 0 Å². The Morgan fingerprint density at radius 1 is 0.953 bits per heavy atom. The van der Waals surface area contributed by atoms with Crippen LogP contribution in [0.15, 0.2) is 47.4 Å². The van der Waals surface area contributed by atoms with E-state index in [-0.39, 0.29) is 34.8 Å². The van der Waals surface area contributed by atoms with Gasteiger partial charge in [0.25, 0.3) is 5.56 Å². The highest BCUT2D eigenvalue weighted by atomic mass is 19.1. The molecule has 230 valence electrons. The molecule has 7 nitrogen and oxygen atoms in total. The highest BCUT2D eigenvalue weighted by molar-refractivity contribution is 5.84. The number of aliphatic hydroxyl groups is 1. The Labute approximate surface area is 253 Å². The van der Waals surface area contributed by atoms with Crippen LogP contribution in [0.25, 0.3) is 11.1 Å². The maximum Gasteiger partial charge on any atom is 0.254 e. The normalized spacial score (nSPS) is 20.4. The van der Waals surface area contributed by atoms with E-state index in [1.807, 2.05) is 24.8 Å². The van der Waals surface area contributed by atoms with E-state index in [0.717, 1.165) is 38.6 Å². The molecule has 1 aromatic heterocycles. The smallest absolute Gasteiger partial charge is 0.254 e. The number of likely N-dealkylation sites (tertiary alicyclic amines) is 1. The van der Waals surface area contributed by atoms with Crippen molar-refractivity contribution in [2.24, 2.45) is 12.5 Å². The van der Waals surface area contributed by atoms with Crippen LogP contribution in [0.1, 0.15) is 76.5 Å². The number of rotatable bonds is 7. The molecule has 2 aromatic carbocycles. The van der Waals surface area contributed by atoms with Gasteiger partial charge in [-0.25, -0.2) is 4.39 Å². The number of carbonyl (C=O) groups is 1. The van der Waals surface area contributed by atoms with Gasteiger partial charge in [-0.2, -0.15) is 0 Å². The highest BCUT2D eigenvalue weighted by Crippen LogP contribution is 2.43. The first kappa shape index (κ1) is 30.8. The summed E-state index contributed by atoms with van der Waals surface area (Å²) in [5.41, 5.74) is 1.65. The predicted octanol–water partition coefficient (Wildman–Crippen LogP) is 6.78. The van der Waals surface area contributed by atoms with Gasteiger partial charge in [-0.15, -0.1) is 0 Å². The van der Waals surface area contributed by atoms with Crippen molar-refractivity contribution < 1.29 is 23.8 Å². The first-order valence-corrected chi connectivity index (χ1v) is 15.1. The first-order chi connectivity index (χ1) is 20.1. The maximum atomic E-state index is 14.0. The largest absolute Gasteiger partial charge is 0.490 e. The Hall–Kier alpha value is -3.65. The minimum Gasteiger partial charge on any atom is -0.490 e. The standard InChI is InChI=1S/C35H43FN2O5/c1-21-16-24(36)17-22(2)32(21)43-29-13-8-23(35(5,6)41)18-27(29)28-20-37(7)31(39)19-30(28)42-26-11-9-25(10-12-26)38-15-14-34(3,4)33(38)40/h8,13,16-20,25-26,41H,9-12,14-15H2,1-7H3. The minimum atomic E-state index is -1.13. The number of pyridine rings is 1. The van der Waals surface area contributed by atoms with Crippen molar-refractivity contribution in [2.75, 3.05) is 6.54 Å². The average molecular weight is 591 g/mol. The second-order valence-corrected chi connectivity index (χ2v) is 13.4. The molecule has 0 radical (unpaired) electrons. The molecular formula is C35H43FN2O5. The zero-order valence-electron chi connectivity index (χ0n) is 26.3. The minimum absolute atomic E-state index is 0.115. The summed E-state index contributed by atoms with van der Waals surface area (Å²) in [5.74, 6) is 1.38. The highest BCUT2D eigenvalue weighted by Gasteiger charge is 2.42. The molecule has 2 heterocycles. The van der Waals surface area contributed by atoms with Crippen LogP contribution >= 0.6 is 0 Å². The van der Waals surface area contributed by atoms with Crippen LogP contribution in [0.2, 0.25) is 0 Å². The number of ether oxygens (including phenoxy) is 2. The summed E-state index contributed by atoms with van der Waals surface area (Å²) < 4.78 is 28.5. The van der Waals surface area contributed by atoms with Crippen LogP contribution in [-0.2, 0) is 17.4 Å². The fraction of sp³-hybridized carbons (Fsp3) is 0.486. The van der Waals surface area contributed by atoms with E-state index >= 15 is 0 Å². The van der Waals surface area contributed by atoms with Crippen LogP contribution < -0.4 is 15.0 Å². The molecular weight excluding hydrogens is 547 g/mol. The molecule has 0 bridgehead atoms. The number of carbonyl (C=O) groups excluding carboxylic acids is 1. The fourth-order valence-corrected chi connectivity index (χ4v) is 6.29.